The van der Waals surface area contributed by atoms with Gasteiger partial charge in [0.25, 0.3) is 0 Å². The van der Waals surface area contributed by atoms with Gasteiger partial charge in [-0.25, -0.2) is 0 Å². The van der Waals surface area contributed by atoms with Crippen LogP contribution in [0.4, 0.5) is 0 Å². The van der Waals surface area contributed by atoms with E-state index >= 15 is 0 Å². The Hall–Kier alpha value is -1.63. The lowest BCUT2D eigenvalue weighted by molar-refractivity contribution is -0.134. The number of nitrogens with zero attached hydrogens (tertiary/aromatic N) is 2. The molecule has 0 radical (unpaired) electrons. The fraction of sp³-hybridized carbons (Fsp3) is 0.857. The molecule has 7 heteroatoms. The maximum absolute atomic E-state index is 13.3. The molecule has 3 aliphatic rings. The first-order chi connectivity index (χ1) is 13.0. The zero-order chi connectivity index (χ0) is 20.8. The first-order valence-corrected chi connectivity index (χ1v) is 10.8. The Balaban J connectivity index is 1.97. The molecule has 0 aliphatic carbocycles. The number of nitrogens with one attached hydrogen (secondary N) is 2. The summed E-state index contributed by atoms with van der Waals surface area (Å²) in [5, 5.41) is 6.11. The molecule has 3 rings (SSSR count). The summed E-state index contributed by atoms with van der Waals surface area (Å²) >= 11 is 0. The van der Waals surface area contributed by atoms with Crippen LogP contribution in [0.25, 0.3) is 0 Å². The molecule has 158 valence electrons. The van der Waals surface area contributed by atoms with E-state index in [2.05, 4.69) is 36.3 Å². The van der Waals surface area contributed by atoms with Gasteiger partial charge in [-0.15, -0.1) is 0 Å². The van der Waals surface area contributed by atoms with Gasteiger partial charge >= 0.3 is 0 Å². The summed E-state index contributed by atoms with van der Waals surface area (Å²) in [6.07, 6.45) is 3.06. The fourth-order valence-corrected chi connectivity index (χ4v) is 4.90. The molecule has 3 aliphatic heterocycles. The van der Waals surface area contributed by atoms with Crippen molar-refractivity contribution in [3.05, 3.63) is 0 Å². The second-order valence-corrected chi connectivity index (χ2v) is 9.98. The van der Waals surface area contributed by atoms with Crippen molar-refractivity contribution in [2.45, 2.75) is 103 Å². The number of carbonyl (C=O) groups is 3. The number of hydrogen-bond donors (Lipinski definition) is 2. The molecule has 3 amide bonds. The van der Waals surface area contributed by atoms with Gasteiger partial charge in [0, 0.05) is 5.54 Å². The Morgan fingerprint density at radius 2 is 1.96 bits per heavy atom. The molecule has 7 nitrogen and oxygen atoms in total. The Morgan fingerprint density at radius 1 is 1.29 bits per heavy atom. The van der Waals surface area contributed by atoms with Crippen molar-refractivity contribution in [2.24, 2.45) is 5.92 Å². The van der Waals surface area contributed by atoms with Crippen molar-refractivity contribution in [1.29, 1.82) is 0 Å². The Morgan fingerprint density at radius 3 is 2.54 bits per heavy atom. The minimum Gasteiger partial charge on any atom is -0.350 e. The molecule has 0 aromatic heterocycles. The second-order valence-electron chi connectivity index (χ2n) is 9.98. The average Bonchev–Trinajstić information content (AvgIpc) is 3.04. The summed E-state index contributed by atoms with van der Waals surface area (Å²) in [4.78, 5) is 43.5. The molecular formula is C21H36N4O3. The van der Waals surface area contributed by atoms with E-state index < -0.39 is 12.1 Å². The van der Waals surface area contributed by atoms with Crippen LogP contribution < -0.4 is 10.6 Å². The Labute approximate surface area is 168 Å². The van der Waals surface area contributed by atoms with E-state index in [4.69, 9.17) is 0 Å². The monoisotopic (exact) mass is 392 g/mol. The Kier molecular flexibility index (Phi) is 5.76. The fourth-order valence-electron chi connectivity index (χ4n) is 4.90. The highest BCUT2D eigenvalue weighted by Gasteiger charge is 2.61. The zero-order valence-corrected chi connectivity index (χ0v) is 18.1. The number of amides is 3. The van der Waals surface area contributed by atoms with E-state index in [9.17, 15) is 14.4 Å². The molecule has 0 spiro atoms. The number of fused-ring (bicyclic) bond motifs is 2. The van der Waals surface area contributed by atoms with Crippen molar-refractivity contribution in [2.75, 3.05) is 6.54 Å². The minimum absolute atomic E-state index is 0.0337. The first-order valence-electron chi connectivity index (χ1n) is 10.8. The molecular weight excluding hydrogens is 356 g/mol. The quantitative estimate of drug-likeness (QED) is 0.706. The minimum atomic E-state index is -0.501. The predicted octanol–water partition coefficient (Wildman–Crippen LogP) is 1.27. The lowest BCUT2D eigenvalue weighted by Crippen LogP contribution is -2.58. The van der Waals surface area contributed by atoms with Crippen molar-refractivity contribution in [1.82, 2.24) is 20.4 Å². The molecule has 0 aromatic rings. The molecule has 3 fully saturated rings. The SMILES string of the molecule is CC[C@@H]1[C@H]2[C@H](C(=O)NC(C)(C)C)N3CCC[C@H]3C(=O)N[C@@H](CC(C)C)C(=O)N21. The standard InChI is InChI=1S/C21H36N4O3/c1-7-14-16-17(19(27)23-21(4,5)6)24-10-8-9-15(24)18(26)22-13(11-12(2)3)20(28)25(14)16/h12-17H,7-11H2,1-6H3,(H,22,26)(H,23,27)/t13-,14+,15-,16-,17+,25?/m0/s1. The van der Waals surface area contributed by atoms with Gasteiger partial charge in [0.2, 0.25) is 17.7 Å². The highest BCUT2D eigenvalue weighted by atomic mass is 16.2. The lowest BCUT2D eigenvalue weighted by atomic mass is 10.0. The van der Waals surface area contributed by atoms with Gasteiger partial charge in [-0.3, -0.25) is 19.3 Å². The average molecular weight is 393 g/mol. The van der Waals surface area contributed by atoms with Crippen LogP contribution in [0.1, 0.15) is 67.2 Å². The molecule has 2 N–H and O–H groups in total. The van der Waals surface area contributed by atoms with Crippen LogP contribution in [-0.2, 0) is 14.4 Å². The summed E-state index contributed by atoms with van der Waals surface area (Å²) in [5.41, 5.74) is -0.362. The molecule has 0 saturated carbocycles. The van der Waals surface area contributed by atoms with Gasteiger partial charge in [0.1, 0.15) is 12.1 Å². The molecule has 0 unspecified atom stereocenters. The van der Waals surface area contributed by atoms with Crippen molar-refractivity contribution in [3.8, 4) is 0 Å². The van der Waals surface area contributed by atoms with Crippen LogP contribution in [0.2, 0.25) is 0 Å². The molecule has 3 saturated heterocycles. The van der Waals surface area contributed by atoms with Crippen LogP contribution >= 0.6 is 0 Å². The predicted molar refractivity (Wildman–Crippen MR) is 108 cm³/mol. The maximum atomic E-state index is 13.3. The highest BCUT2D eigenvalue weighted by Crippen LogP contribution is 2.40. The third-order valence-corrected chi connectivity index (χ3v) is 6.02. The zero-order valence-electron chi connectivity index (χ0n) is 18.1. The summed E-state index contributed by atoms with van der Waals surface area (Å²) in [7, 11) is 0. The van der Waals surface area contributed by atoms with Gasteiger partial charge in [0.15, 0.2) is 0 Å². The second kappa shape index (κ2) is 7.65. The number of hydrogen-bond acceptors (Lipinski definition) is 4. The number of carbonyl (C=O) groups excluding carboxylic acids is 3. The van der Waals surface area contributed by atoms with Crippen LogP contribution in [0, 0.1) is 5.92 Å². The highest BCUT2D eigenvalue weighted by molar-refractivity contribution is 5.95. The normalized spacial score (nSPS) is 33.5. The third-order valence-electron chi connectivity index (χ3n) is 6.02. The molecule has 28 heavy (non-hydrogen) atoms. The van der Waals surface area contributed by atoms with Gasteiger partial charge < -0.3 is 15.5 Å². The Bertz CT molecular complexity index is 642. The van der Waals surface area contributed by atoms with E-state index in [1.54, 1.807) is 0 Å². The third kappa shape index (κ3) is 4.04. The van der Waals surface area contributed by atoms with Crippen LogP contribution in [-0.4, -0.2) is 69.8 Å². The van der Waals surface area contributed by atoms with Gasteiger partial charge in [0.05, 0.1) is 18.1 Å². The first kappa shape index (κ1) is 21.1. The van der Waals surface area contributed by atoms with Gasteiger partial charge in [-0.1, -0.05) is 20.8 Å². The summed E-state index contributed by atoms with van der Waals surface area (Å²) in [5.74, 6) is 0.0793. The van der Waals surface area contributed by atoms with E-state index in [1.807, 2.05) is 25.7 Å². The van der Waals surface area contributed by atoms with Crippen molar-refractivity contribution in [3.63, 3.8) is 0 Å². The summed E-state index contributed by atoms with van der Waals surface area (Å²) in [6, 6.07) is -1.39. The van der Waals surface area contributed by atoms with E-state index in [-0.39, 0.29) is 41.4 Å². The van der Waals surface area contributed by atoms with Gasteiger partial charge in [-0.2, -0.15) is 0 Å². The topological polar surface area (TPSA) is 81.5 Å². The van der Waals surface area contributed by atoms with E-state index in [1.165, 1.54) is 0 Å². The molecule has 0 bridgehead atoms. The lowest BCUT2D eigenvalue weighted by Gasteiger charge is -2.33. The number of rotatable bonds is 4. The van der Waals surface area contributed by atoms with Gasteiger partial charge in [-0.05, 0) is 58.9 Å². The van der Waals surface area contributed by atoms with Crippen LogP contribution in [0.3, 0.4) is 0 Å². The smallest absolute Gasteiger partial charge is 0.245 e. The summed E-state index contributed by atoms with van der Waals surface area (Å²) in [6.45, 7) is 12.8. The van der Waals surface area contributed by atoms with Crippen molar-refractivity contribution >= 4 is 17.7 Å². The van der Waals surface area contributed by atoms with Crippen LogP contribution in [0.5, 0.6) is 0 Å². The maximum Gasteiger partial charge on any atom is 0.245 e. The molecule has 0 aromatic carbocycles. The summed E-state index contributed by atoms with van der Waals surface area (Å²) < 4.78 is 0. The van der Waals surface area contributed by atoms with Crippen LogP contribution in [0.15, 0.2) is 0 Å². The molecule has 5 atom stereocenters. The molecule has 3 heterocycles. The largest absolute Gasteiger partial charge is 0.350 e. The van der Waals surface area contributed by atoms with E-state index in [0.717, 1.165) is 19.3 Å². The van der Waals surface area contributed by atoms with E-state index in [0.29, 0.717) is 18.9 Å². The van der Waals surface area contributed by atoms with Crippen molar-refractivity contribution < 1.29 is 14.4 Å².